The highest BCUT2D eigenvalue weighted by molar-refractivity contribution is 5.07. The minimum atomic E-state index is -0.475. The zero-order valence-electron chi connectivity index (χ0n) is 6.67. The standard InChI is InChI=1S/C8H16O2/c1-3-6-7(4-5-9)8(6,2)10/h6-7,9-10H,3-5H2,1-2H3/t6-,7+,8-/m0/s1. The second kappa shape index (κ2) is 2.51. The summed E-state index contributed by atoms with van der Waals surface area (Å²) in [6.07, 6.45) is 1.78. The van der Waals surface area contributed by atoms with E-state index in [4.69, 9.17) is 5.11 Å². The van der Waals surface area contributed by atoms with Gasteiger partial charge in [-0.3, -0.25) is 0 Å². The van der Waals surface area contributed by atoms with Gasteiger partial charge in [-0.15, -0.1) is 0 Å². The van der Waals surface area contributed by atoms with Gasteiger partial charge < -0.3 is 10.2 Å². The largest absolute Gasteiger partial charge is 0.396 e. The van der Waals surface area contributed by atoms with Crippen molar-refractivity contribution in [2.45, 2.75) is 32.3 Å². The molecule has 1 saturated carbocycles. The lowest BCUT2D eigenvalue weighted by Gasteiger charge is -1.98. The summed E-state index contributed by atoms with van der Waals surface area (Å²) in [7, 11) is 0. The summed E-state index contributed by atoms with van der Waals surface area (Å²) in [5.41, 5.74) is -0.475. The highest BCUT2D eigenvalue weighted by atomic mass is 16.3. The summed E-state index contributed by atoms with van der Waals surface area (Å²) >= 11 is 0. The Bertz CT molecular complexity index is 120. The fraction of sp³-hybridized carbons (Fsp3) is 1.00. The van der Waals surface area contributed by atoms with Crippen molar-refractivity contribution in [2.24, 2.45) is 11.8 Å². The van der Waals surface area contributed by atoms with E-state index in [2.05, 4.69) is 6.92 Å². The summed E-state index contributed by atoms with van der Waals surface area (Å²) in [4.78, 5) is 0. The van der Waals surface area contributed by atoms with Crippen LogP contribution in [0.25, 0.3) is 0 Å². The van der Waals surface area contributed by atoms with Gasteiger partial charge in [0.1, 0.15) is 0 Å². The van der Waals surface area contributed by atoms with Crippen LogP contribution in [0.5, 0.6) is 0 Å². The SMILES string of the molecule is CC[C@H]1[C@@H](CCO)[C@@]1(C)O. The summed E-state index contributed by atoms with van der Waals surface area (Å²) < 4.78 is 0. The molecule has 1 fully saturated rings. The molecule has 0 aromatic heterocycles. The Labute approximate surface area is 61.9 Å². The molecule has 1 aliphatic rings. The van der Waals surface area contributed by atoms with Gasteiger partial charge in [0.05, 0.1) is 5.60 Å². The highest BCUT2D eigenvalue weighted by Gasteiger charge is 2.58. The molecule has 0 heterocycles. The molecule has 0 aliphatic heterocycles. The molecule has 0 aromatic rings. The van der Waals surface area contributed by atoms with Gasteiger partial charge in [-0.05, 0) is 25.2 Å². The molecule has 2 nitrogen and oxygen atoms in total. The van der Waals surface area contributed by atoms with Crippen LogP contribution in [0.3, 0.4) is 0 Å². The summed E-state index contributed by atoms with van der Waals surface area (Å²) in [5, 5.41) is 18.2. The van der Waals surface area contributed by atoms with E-state index in [1.54, 1.807) is 0 Å². The predicted octanol–water partition coefficient (Wildman–Crippen LogP) is 0.776. The maximum atomic E-state index is 9.57. The minimum absolute atomic E-state index is 0.206. The van der Waals surface area contributed by atoms with Crippen molar-refractivity contribution >= 4 is 0 Å². The number of rotatable bonds is 3. The summed E-state index contributed by atoms with van der Waals surface area (Å²) in [5.74, 6) is 0.780. The molecule has 1 aliphatic carbocycles. The summed E-state index contributed by atoms with van der Waals surface area (Å²) in [6, 6.07) is 0. The zero-order valence-corrected chi connectivity index (χ0v) is 6.67. The molecule has 10 heavy (non-hydrogen) atoms. The van der Waals surface area contributed by atoms with E-state index in [0.29, 0.717) is 11.8 Å². The average molecular weight is 144 g/mol. The number of hydrogen-bond acceptors (Lipinski definition) is 2. The first-order valence-corrected chi connectivity index (χ1v) is 3.97. The third-order valence-corrected chi connectivity index (χ3v) is 2.76. The molecule has 0 amide bonds. The van der Waals surface area contributed by atoms with Crippen LogP contribution in [0.2, 0.25) is 0 Å². The maximum absolute atomic E-state index is 9.57. The molecule has 0 aromatic carbocycles. The van der Waals surface area contributed by atoms with Gasteiger partial charge in [-0.2, -0.15) is 0 Å². The second-order valence-electron chi connectivity index (χ2n) is 3.36. The van der Waals surface area contributed by atoms with E-state index in [9.17, 15) is 5.11 Å². The van der Waals surface area contributed by atoms with E-state index < -0.39 is 5.60 Å². The van der Waals surface area contributed by atoms with Gasteiger partial charge in [0.2, 0.25) is 0 Å². The van der Waals surface area contributed by atoms with Gasteiger partial charge >= 0.3 is 0 Å². The van der Waals surface area contributed by atoms with E-state index >= 15 is 0 Å². The van der Waals surface area contributed by atoms with E-state index in [1.165, 1.54) is 0 Å². The molecule has 0 bridgehead atoms. The van der Waals surface area contributed by atoms with Crippen LogP contribution in [0.4, 0.5) is 0 Å². The van der Waals surface area contributed by atoms with Crippen LogP contribution in [0.1, 0.15) is 26.7 Å². The van der Waals surface area contributed by atoms with Crippen LogP contribution in [0, 0.1) is 11.8 Å². The van der Waals surface area contributed by atoms with Gasteiger partial charge in [-0.25, -0.2) is 0 Å². The fourth-order valence-electron chi connectivity index (χ4n) is 2.01. The third-order valence-electron chi connectivity index (χ3n) is 2.76. The van der Waals surface area contributed by atoms with E-state index in [0.717, 1.165) is 12.8 Å². The molecule has 0 spiro atoms. The van der Waals surface area contributed by atoms with Crippen molar-refractivity contribution in [2.75, 3.05) is 6.61 Å². The lowest BCUT2D eigenvalue weighted by molar-refractivity contribution is 0.131. The normalized spacial score (nSPS) is 45.6. The quantitative estimate of drug-likeness (QED) is 0.614. The Kier molecular flexibility index (Phi) is 2.02. The molecular weight excluding hydrogens is 128 g/mol. The first-order chi connectivity index (χ1) is 4.64. The van der Waals surface area contributed by atoms with Crippen LogP contribution in [0.15, 0.2) is 0 Å². The average Bonchev–Trinajstić information content (AvgIpc) is 2.36. The maximum Gasteiger partial charge on any atom is 0.0684 e. The minimum Gasteiger partial charge on any atom is -0.396 e. The Hall–Kier alpha value is -0.0800. The Balaban J connectivity index is 2.37. The lowest BCUT2D eigenvalue weighted by atomic mass is 10.2. The van der Waals surface area contributed by atoms with E-state index in [1.807, 2.05) is 6.92 Å². The zero-order chi connectivity index (χ0) is 7.78. The van der Waals surface area contributed by atoms with Gasteiger partial charge in [0.15, 0.2) is 0 Å². The van der Waals surface area contributed by atoms with Crippen molar-refractivity contribution in [3.05, 3.63) is 0 Å². The molecule has 0 unspecified atom stereocenters. The Morgan fingerprint density at radius 1 is 1.40 bits per heavy atom. The Morgan fingerprint density at radius 2 is 2.00 bits per heavy atom. The molecule has 2 N–H and O–H groups in total. The van der Waals surface area contributed by atoms with E-state index in [-0.39, 0.29) is 6.61 Å². The molecule has 0 radical (unpaired) electrons. The van der Waals surface area contributed by atoms with Gasteiger partial charge in [0.25, 0.3) is 0 Å². The van der Waals surface area contributed by atoms with Gasteiger partial charge in [-0.1, -0.05) is 13.3 Å². The van der Waals surface area contributed by atoms with Gasteiger partial charge in [0, 0.05) is 6.61 Å². The lowest BCUT2D eigenvalue weighted by Crippen LogP contribution is -2.06. The fourth-order valence-corrected chi connectivity index (χ4v) is 2.01. The molecule has 2 heteroatoms. The first kappa shape index (κ1) is 8.02. The molecular formula is C8H16O2. The number of hydrogen-bond donors (Lipinski definition) is 2. The number of aliphatic hydroxyl groups is 2. The monoisotopic (exact) mass is 144 g/mol. The van der Waals surface area contributed by atoms with Crippen molar-refractivity contribution in [3.63, 3.8) is 0 Å². The van der Waals surface area contributed by atoms with Crippen LogP contribution in [-0.2, 0) is 0 Å². The number of aliphatic hydroxyl groups excluding tert-OH is 1. The Morgan fingerprint density at radius 3 is 2.30 bits per heavy atom. The molecule has 3 atom stereocenters. The van der Waals surface area contributed by atoms with Crippen molar-refractivity contribution in [1.29, 1.82) is 0 Å². The smallest absolute Gasteiger partial charge is 0.0684 e. The van der Waals surface area contributed by atoms with Crippen molar-refractivity contribution in [3.8, 4) is 0 Å². The van der Waals surface area contributed by atoms with Crippen LogP contribution >= 0.6 is 0 Å². The first-order valence-electron chi connectivity index (χ1n) is 3.97. The second-order valence-corrected chi connectivity index (χ2v) is 3.36. The summed E-state index contributed by atoms with van der Waals surface area (Å²) in [6.45, 7) is 4.15. The topological polar surface area (TPSA) is 40.5 Å². The molecule has 1 rings (SSSR count). The van der Waals surface area contributed by atoms with Crippen LogP contribution in [-0.4, -0.2) is 22.4 Å². The molecule has 60 valence electrons. The van der Waals surface area contributed by atoms with Crippen molar-refractivity contribution in [1.82, 2.24) is 0 Å². The predicted molar refractivity (Wildman–Crippen MR) is 39.6 cm³/mol. The highest BCUT2D eigenvalue weighted by Crippen LogP contribution is 2.53. The van der Waals surface area contributed by atoms with Crippen molar-refractivity contribution < 1.29 is 10.2 Å². The van der Waals surface area contributed by atoms with Crippen LogP contribution < -0.4 is 0 Å². The third kappa shape index (κ3) is 1.06. The molecule has 0 saturated heterocycles.